The summed E-state index contributed by atoms with van der Waals surface area (Å²) in [6, 6.07) is 3.46. The molecular weight excluding hydrogens is 220 g/mol. The number of nitrogens with zero attached hydrogens (tertiary/aromatic N) is 3. The van der Waals surface area contributed by atoms with Crippen LogP contribution < -0.4 is 10.6 Å². The molecule has 0 saturated heterocycles. The number of aliphatic hydroxyl groups excluding tert-OH is 1. The summed E-state index contributed by atoms with van der Waals surface area (Å²) < 4.78 is 0. The van der Waals surface area contributed by atoms with Gasteiger partial charge in [-0.25, -0.2) is 0 Å². The fraction of sp³-hybridized carbons (Fsp3) is 0.455. The van der Waals surface area contributed by atoms with E-state index in [9.17, 15) is 5.11 Å². The van der Waals surface area contributed by atoms with E-state index in [1.54, 1.807) is 18.3 Å². The highest BCUT2D eigenvalue weighted by molar-refractivity contribution is 5.95. The summed E-state index contributed by atoms with van der Waals surface area (Å²) in [6.45, 7) is 3.88. The Bertz CT molecular complexity index is 400. The van der Waals surface area contributed by atoms with E-state index >= 15 is 0 Å². The highest BCUT2D eigenvalue weighted by atomic mass is 16.4. The zero-order valence-corrected chi connectivity index (χ0v) is 10.3. The van der Waals surface area contributed by atoms with Crippen LogP contribution in [0.25, 0.3) is 0 Å². The van der Waals surface area contributed by atoms with Gasteiger partial charge in [-0.3, -0.25) is 4.98 Å². The molecule has 0 amide bonds. The second-order valence-electron chi connectivity index (χ2n) is 4.42. The van der Waals surface area contributed by atoms with Crippen molar-refractivity contribution < 1.29 is 10.3 Å². The molecule has 0 aliphatic rings. The molecule has 0 unspecified atom stereocenters. The summed E-state index contributed by atoms with van der Waals surface area (Å²) in [4.78, 5) is 5.99. The lowest BCUT2D eigenvalue weighted by atomic mass is 10.0. The Morgan fingerprint density at radius 1 is 1.53 bits per heavy atom. The summed E-state index contributed by atoms with van der Waals surface area (Å²) in [5.41, 5.74) is 6.30. The minimum Gasteiger partial charge on any atom is -0.409 e. The predicted octanol–water partition coefficient (Wildman–Crippen LogP) is 0.383. The molecule has 0 aliphatic heterocycles. The minimum atomic E-state index is -0.375. The molecule has 1 aromatic heterocycles. The Morgan fingerprint density at radius 3 is 2.59 bits per heavy atom. The predicted molar refractivity (Wildman–Crippen MR) is 66.3 cm³/mol. The van der Waals surface area contributed by atoms with E-state index in [1.807, 2.05) is 25.8 Å². The third-order valence-corrected chi connectivity index (χ3v) is 2.80. The fourth-order valence-corrected chi connectivity index (χ4v) is 1.24. The van der Waals surface area contributed by atoms with Gasteiger partial charge in [0.2, 0.25) is 0 Å². The maximum absolute atomic E-state index is 9.27. The van der Waals surface area contributed by atoms with Gasteiger partial charge in [0.05, 0.1) is 24.0 Å². The lowest BCUT2D eigenvalue weighted by Gasteiger charge is -2.35. The summed E-state index contributed by atoms with van der Waals surface area (Å²) in [5.74, 6) is -0.0272. The Labute approximate surface area is 100 Å². The van der Waals surface area contributed by atoms with Crippen molar-refractivity contribution in [1.29, 1.82) is 0 Å². The molecule has 1 rings (SSSR count). The number of pyridine rings is 1. The maximum atomic E-state index is 9.27. The Hall–Kier alpha value is -1.82. The minimum absolute atomic E-state index is 0.0272. The van der Waals surface area contributed by atoms with E-state index < -0.39 is 0 Å². The van der Waals surface area contributed by atoms with Gasteiger partial charge in [0.25, 0.3) is 0 Å². The first-order valence-corrected chi connectivity index (χ1v) is 5.21. The molecular formula is C11H18N4O2. The largest absolute Gasteiger partial charge is 0.409 e. The number of nitrogens with two attached hydrogens (primary N) is 1. The average Bonchev–Trinajstić information content (AvgIpc) is 2.37. The lowest BCUT2D eigenvalue weighted by molar-refractivity contribution is 0.216. The van der Waals surface area contributed by atoms with Crippen LogP contribution in [-0.4, -0.2) is 40.3 Å². The fourth-order valence-electron chi connectivity index (χ4n) is 1.24. The van der Waals surface area contributed by atoms with Crippen LogP contribution in [0.15, 0.2) is 23.5 Å². The van der Waals surface area contributed by atoms with Crippen LogP contribution in [-0.2, 0) is 0 Å². The number of amidine groups is 1. The number of likely N-dealkylation sites (N-methyl/N-ethyl adjacent to an activating group) is 1. The summed E-state index contributed by atoms with van der Waals surface area (Å²) in [6.07, 6.45) is 1.62. The zero-order chi connectivity index (χ0) is 13.1. The van der Waals surface area contributed by atoms with E-state index in [0.29, 0.717) is 5.69 Å². The smallest absolute Gasteiger partial charge is 0.188 e. The van der Waals surface area contributed by atoms with Gasteiger partial charge in [0, 0.05) is 7.05 Å². The average molecular weight is 238 g/mol. The standard InChI is InChI=1S/C11H18N4O2/c1-11(2,7-16)15(3)8-4-5-9(13-6-8)10(12)14-17/h4-6,16-17H,7H2,1-3H3,(H2,12,14). The molecule has 1 aromatic rings. The van der Waals surface area contributed by atoms with Gasteiger partial charge in [0.15, 0.2) is 5.84 Å². The van der Waals surface area contributed by atoms with E-state index in [-0.39, 0.29) is 18.0 Å². The van der Waals surface area contributed by atoms with Gasteiger partial charge in [-0.15, -0.1) is 0 Å². The second-order valence-corrected chi connectivity index (χ2v) is 4.42. The van der Waals surface area contributed by atoms with Crippen LogP contribution in [0.1, 0.15) is 19.5 Å². The number of rotatable bonds is 4. The molecule has 6 heteroatoms. The monoisotopic (exact) mass is 238 g/mol. The SMILES string of the molecule is CN(c1ccc(/C(N)=N/O)nc1)C(C)(C)CO. The summed E-state index contributed by atoms with van der Waals surface area (Å²) in [5, 5.41) is 20.7. The highest BCUT2D eigenvalue weighted by Gasteiger charge is 2.22. The number of oxime groups is 1. The Morgan fingerprint density at radius 2 is 2.18 bits per heavy atom. The molecule has 0 atom stereocenters. The van der Waals surface area contributed by atoms with E-state index in [2.05, 4.69) is 10.1 Å². The van der Waals surface area contributed by atoms with Crippen LogP contribution in [0.4, 0.5) is 5.69 Å². The second kappa shape index (κ2) is 5.01. The highest BCUT2D eigenvalue weighted by Crippen LogP contribution is 2.20. The van der Waals surface area contributed by atoms with Crippen LogP contribution >= 0.6 is 0 Å². The van der Waals surface area contributed by atoms with Crippen molar-refractivity contribution in [1.82, 2.24) is 4.98 Å². The van der Waals surface area contributed by atoms with Gasteiger partial charge in [-0.1, -0.05) is 5.16 Å². The Balaban J connectivity index is 2.95. The van der Waals surface area contributed by atoms with Crippen LogP contribution in [0, 0.1) is 0 Å². The molecule has 0 saturated carbocycles. The molecule has 94 valence electrons. The van der Waals surface area contributed by atoms with Crippen molar-refractivity contribution >= 4 is 11.5 Å². The molecule has 0 spiro atoms. The number of aliphatic hydroxyl groups is 1. The van der Waals surface area contributed by atoms with Crippen LogP contribution in [0.2, 0.25) is 0 Å². The molecule has 0 bridgehead atoms. The number of anilines is 1. The molecule has 17 heavy (non-hydrogen) atoms. The first-order chi connectivity index (χ1) is 7.92. The molecule has 0 radical (unpaired) electrons. The van der Waals surface area contributed by atoms with Crippen molar-refractivity contribution in [3.8, 4) is 0 Å². The molecule has 0 fully saturated rings. The van der Waals surface area contributed by atoms with Crippen molar-refractivity contribution in [2.75, 3.05) is 18.6 Å². The van der Waals surface area contributed by atoms with Crippen LogP contribution in [0.3, 0.4) is 0 Å². The molecule has 0 aliphatic carbocycles. The van der Waals surface area contributed by atoms with Gasteiger partial charge >= 0.3 is 0 Å². The van der Waals surface area contributed by atoms with Crippen molar-refractivity contribution in [2.24, 2.45) is 10.9 Å². The third kappa shape index (κ3) is 2.85. The zero-order valence-electron chi connectivity index (χ0n) is 10.3. The van der Waals surface area contributed by atoms with Crippen molar-refractivity contribution in [2.45, 2.75) is 19.4 Å². The van der Waals surface area contributed by atoms with Crippen molar-refractivity contribution in [3.63, 3.8) is 0 Å². The van der Waals surface area contributed by atoms with E-state index in [1.165, 1.54) is 0 Å². The molecule has 0 aromatic carbocycles. The first-order valence-electron chi connectivity index (χ1n) is 5.21. The van der Waals surface area contributed by atoms with Crippen molar-refractivity contribution in [3.05, 3.63) is 24.0 Å². The summed E-state index contributed by atoms with van der Waals surface area (Å²) >= 11 is 0. The topological polar surface area (TPSA) is 95.0 Å². The first kappa shape index (κ1) is 13.2. The normalized spacial score (nSPS) is 12.6. The number of hydrogen-bond donors (Lipinski definition) is 3. The van der Waals surface area contributed by atoms with Gasteiger partial charge in [-0.2, -0.15) is 0 Å². The molecule has 4 N–H and O–H groups in total. The summed E-state index contributed by atoms with van der Waals surface area (Å²) in [7, 11) is 1.87. The quantitative estimate of drug-likeness (QED) is 0.305. The van der Waals surface area contributed by atoms with E-state index in [0.717, 1.165) is 5.69 Å². The molecule has 1 heterocycles. The lowest BCUT2D eigenvalue weighted by Crippen LogP contribution is -2.44. The third-order valence-electron chi connectivity index (χ3n) is 2.80. The number of aromatic nitrogens is 1. The van der Waals surface area contributed by atoms with Gasteiger partial charge in [0.1, 0.15) is 5.69 Å². The van der Waals surface area contributed by atoms with E-state index in [4.69, 9.17) is 10.9 Å². The molecule has 6 nitrogen and oxygen atoms in total. The van der Waals surface area contributed by atoms with Crippen LogP contribution in [0.5, 0.6) is 0 Å². The number of hydrogen-bond acceptors (Lipinski definition) is 5. The Kier molecular flexibility index (Phi) is 3.90. The van der Waals surface area contributed by atoms with Gasteiger partial charge in [-0.05, 0) is 26.0 Å². The van der Waals surface area contributed by atoms with Gasteiger partial charge < -0.3 is 20.9 Å². The maximum Gasteiger partial charge on any atom is 0.188 e.